The minimum absolute atomic E-state index is 0.701. The second-order valence-corrected chi connectivity index (χ2v) is 8.07. The summed E-state index contributed by atoms with van der Waals surface area (Å²) >= 11 is 6.05. The molecule has 0 amide bonds. The molecule has 0 bridgehead atoms. The van der Waals surface area contributed by atoms with Crippen LogP contribution in [0.15, 0.2) is 72.8 Å². The van der Waals surface area contributed by atoms with Crippen LogP contribution in [-0.4, -0.2) is 19.1 Å². The van der Waals surface area contributed by atoms with Crippen molar-refractivity contribution in [2.75, 3.05) is 5.32 Å². The Morgan fingerprint density at radius 2 is 1.48 bits per heavy atom. The Bertz CT molecular complexity index is 1380. The Morgan fingerprint density at radius 1 is 0.774 bits per heavy atom. The van der Waals surface area contributed by atoms with E-state index in [1.54, 1.807) is 0 Å². The zero-order valence-corrected chi connectivity index (χ0v) is 18.4. The Kier molecular flexibility index (Phi) is 4.75. The van der Waals surface area contributed by atoms with Gasteiger partial charge in [-0.15, -0.1) is 0 Å². The SMILES string of the molecule is Cc1ccc(C)n1-c1cc(Nc2ccc(Cl)cc2)nc(-n2c(C)nc3ccccc32)c1. The molecule has 1 N–H and O–H groups in total. The van der Waals surface area contributed by atoms with Gasteiger partial charge in [0, 0.05) is 34.2 Å². The van der Waals surface area contributed by atoms with Crippen molar-refractivity contribution in [1.82, 2.24) is 19.1 Å². The average molecular weight is 428 g/mol. The third-order valence-electron chi connectivity index (χ3n) is 5.40. The third-order valence-corrected chi connectivity index (χ3v) is 5.65. The van der Waals surface area contributed by atoms with Crippen molar-refractivity contribution in [3.8, 4) is 11.5 Å². The molecule has 0 aliphatic rings. The maximum atomic E-state index is 6.05. The van der Waals surface area contributed by atoms with Crippen LogP contribution in [0.5, 0.6) is 0 Å². The van der Waals surface area contributed by atoms with Gasteiger partial charge < -0.3 is 9.88 Å². The average Bonchev–Trinajstić information content (AvgIpc) is 3.27. The number of fused-ring (bicyclic) bond motifs is 1. The molecule has 5 rings (SSSR count). The second kappa shape index (κ2) is 7.60. The van der Waals surface area contributed by atoms with Gasteiger partial charge in [-0.1, -0.05) is 23.7 Å². The number of pyridine rings is 1. The lowest BCUT2D eigenvalue weighted by molar-refractivity contribution is 0.928. The van der Waals surface area contributed by atoms with E-state index in [1.807, 2.05) is 49.4 Å². The van der Waals surface area contributed by atoms with Gasteiger partial charge in [0.15, 0.2) is 0 Å². The summed E-state index contributed by atoms with van der Waals surface area (Å²) in [6, 6.07) is 24.2. The zero-order chi connectivity index (χ0) is 21.5. The molecule has 0 fully saturated rings. The molecule has 0 unspecified atom stereocenters. The molecule has 0 aliphatic carbocycles. The standard InChI is InChI=1S/C25H22ClN5/c1-16-8-9-17(2)30(16)21-14-24(28-20-12-10-19(26)11-13-20)29-25(15-21)31-18(3)27-22-6-4-5-7-23(22)31/h4-15H,1-3H3,(H,28,29). The summed E-state index contributed by atoms with van der Waals surface area (Å²) in [6.45, 7) is 6.22. The van der Waals surface area contributed by atoms with Crippen LogP contribution in [-0.2, 0) is 0 Å². The predicted octanol–water partition coefficient (Wildman–Crippen LogP) is 6.53. The van der Waals surface area contributed by atoms with Gasteiger partial charge in [0.1, 0.15) is 17.5 Å². The Morgan fingerprint density at radius 3 is 2.23 bits per heavy atom. The topological polar surface area (TPSA) is 47.7 Å². The molecule has 2 aromatic carbocycles. The normalized spacial score (nSPS) is 11.2. The molecule has 5 aromatic rings. The number of nitrogens with zero attached hydrogens (tertiary/aromatic N) is 4. The van der Waals surface area contributed by atoms with E-state index in [1.165, 1.54) is 11.4 Å². The van der Waals surface area contributed by atoms with Crippen molar-refractivity contribution in [2.45, 2.75) is 20.8 Å². The molecule has 0 spiro atoms. The van der Waals surface area contributed by atoms with Crippen LogP contribution < -0.4 is 5.32 Å². The number of para-hydroxylation sites is 2. The maximum Gasteiger partial charge on any atom is 0.143 e. The summed E-state index contributed by atoms with van der Waals surface area (Å²) in [7, 11) is 0. The van der Waals surface area contributed by atoms with Gasteiger partial charge in [-0.3, -0.25) is 4.57 Å². The predicted molar refractivity (Wildman–Crippen MR) is 127 cm³/mol. The molecule has 0 radical (unpaired) electrons. The van der Waals surface area contributed by atoms with Crippen molar-refractivity contribution in [2.24, 2.45) is 0 Å². The van der Waals surface area contributed by atoms with Crippen LogP contribution in [0.4, 0.5) is 11.5 Å². The summed E-state index contributed by atoms with van der Waals surface area (Å²) in [5, 5.41) is 4.13. The zero-order valence-electron chi connectivity index (χ0n) is 17.6. The fourth-order valence-electron chi connectivity index (χ4n) is 4.00. The molecular weight excluding hydrogens is 406 g/mol. The highest BCUT2D eigenvalue weighted by atomic mass is 35.5. The van der Waals surface area contributed by atoms with Crippen molar-refractivity contribution in [1.29, 1.82) is 0 Å². The van der Waals surface area contributed by atoms with Crippen molar-refractivity contribution < 1.29 is 0 Å². The molecule has 6 heteroatoms. The number of rotatable bonds is 4. The van der Waals surface area contributed by atoms with Crippen LogP contribution in [0.1, 0.15) is 17.2 Å². The van der Waals surface area contributed by atoms with E-state index in [4.69, 9.17) is 21.6 Å². The molecule has 3 heterocycles. The minimum Gasteiger partial charge on any atom is -0.340 e. The Balaban J connectivity index is 1.71. The molecule has 0 atom stereocenters. The van der Waals surface area contributed by atoms with Gasteiger partial charge in [0.2, 0.25) is 0 Å². The quantitative estimate of drug-likeness (QED) is 0.354. The number of hydrogen-bond acceptors (Lipinski definition) is 3. The van der Waals surface area contributed by atoms with Crippen LogP contribution in [0.25, 0.3) is 22.5 Å². The van der Waals surface area contributed by atoms with E-state index in [9.17, 15) is 0 Å². The molecule has 0 saturated carbocycles. The van der Waals surface area contributed by atoms with Gasteiger partial charge >= 0.3 is 0 Å². The van der Waals surface area contributed by atoms with Crippen molar-refractivity contribution in [3.63, 3.8) is 0 Å². The Labute approximate surface area is 186 Å². The fourth-order valence-corrected chi connectivity index (χ4v) is 4.13. The van der Waals surface area contributed by atoms with Gasteiger partial charge in [0.05, 0.1) is 16.7 Å². The van der Waals surface area contributed by atoms with Gasteiger partial charge in [-0.25, -0.2) is 9.97 Å². The van der Waals surface area contributed by atoms with Gasteiger partial charge in [-0.2, -0.15) is 0 Å². The highest BCUT2D eigenvalue weighted by Crippen LogP contribution is 2.27. The third kappa shape index (κ3) is 3.57. The first-order valence-corrected chi connectivity index (χ1v) is 10.5. The first-order chi connectivity index (χ1) is 15.0. The number of halogens is 1. The summed E-state index contributed by atoms with van der Waals surface area (Å²) < 4.78 is 4.33. The fraction of sp³-hybridized carbons (Fsp3) is 0.120. The number of benzene rings is 2. The first kappa shape index (κ1) is 19.4. The van der Waals surface area contributed by atoms with Crippen LogP contribution >= 0.6 is 11.6 Å². The van der Waals surface area contributed by atoms with E-state index < -0.39 is 0 Å². The van der Waals surface area contributed by atoms with E-state index in [0.717, 1.165) is 39.9 Å². The summed E-state index contributed by atoms with van der Waals surface area (Å²) in [6.07, 6.45) is 0. The number of aromatic nitrogens is 4. The largest absolute Gasteiger partial charge is 0.340 e. The van der Waals surface area contributed by atoms with Crippen molar-refractivity contribution in [3.05, 3.63) is 95.0 Å². The van der Waals surface area contributed by atoms with Gasteiger partial charge in [0.25, 0.3) is 0 Å². The molecule has 5 nitrogen and oxygen atoms in total. The van der Waals surface area contributed by atoms with E-state index in [-0.39, 0.29) is 0 Å². The summed E-state index contributed by atoms with van der Waals surface area (Å²) in [4.78, 5) is 9.66. The van der Waals surface area contributed by atoms with E-state index in [0.29, 0.717) is 5.02 Å². The van der Waals surface area contributed by atoms with E-state index >= 15 is 0 Å². The monoisotopic (exact) mass is 427 g/mol. The molecule has 0 aliphatic heterocycles. The number of anilines is 2. The highest BCUT2D eigenvalue weighted by Gasteiger charge is 2.14. The smallest absolute Gasteiger partial charge is 0.143 e. The lowest BCUT2D eigenvalue weighted by Gasteiger charge is -2.16. The number of aryl methyl sites for hydroxylation is 3. The summed E-state index contributed by atoms with van der Waals surface area (Å²) in [5.41, 5.74) is 6.28. The molecule has 154 valence electrons. The van der Waals surface area contributed by atoms with Gasteiger partial charge in [-0.05, 0) is 69.3 Å². The van der Waals surface area contributed by atoms with E-state index in [2.05, 4.69) is 58.6 Å². The number of nitrogens with one attached hydrogen (secondary N) is 1. The summed E-state index contributed by atoms with van der Waals surface area (Å²) in [5.74, 6) is 2.46. The highest BCUT2D eigenvalue weighted by molar-refractivity contribution is 6.30. The van der Waals surface area contributed by atoms with Crippen LogP contribution in [0.3, 0.4) is 0 Å². The number of hydrogen-bond donors (Lipinski definition) is 1. The lowest BCUT2D eigenvalue weighted by Crippen LogP contribution is -2.07. The molecule has 0 saturated heterocycles. The molecule has 31 heavy (non-hydrogen) atoms. The first-order valence-electron chi connectivity index (χ1n) is 10.1. The molecule has 3 aromatic heterocycles. The second-order valence-electron chi connectivity index (χ2n) is 7.64. The minimum atomic E-state index is 0.701. The van der Waals surface area contributed by atoms with Crippen molar-refractivity contribution >= 4 is 34.1 Å². The lowest BCUT2D eigenvalue weighted by atomic mass is 10.3. The Hall–Kier alpha value is -3.57. The maximum absolute atomic E-state index is 6.05. The van der Waals surface area contributed by atoms with Crippen LogP contribution in [0.2, 0.25) is 5.02 Å². The number of imidazole rings is 1. The van der Waals surface area contributed by atoms with Crippen LogP contribution in [0, 0.1) is 20.8 Å². The molecular formula is C25H22ClN5.